The third-order valence-corrected chi connectivity index (χ3v) is 3.27. The number of rotatable bonds is 9. The lowest BCUT2D eigenvalue weighted by Gasteiger charge is -2.35. The second-order valence-corrected chi connectivity index (χ2v) is 6.26. The summed E-state index contributed by atoms with van der Waals surface area (Å²) in [5.74, 6) is 0. The molecular weight excluding hydrogens is 228 g/mol. The Morgan fingerprint density at radius 1 is 1.28 bits per heavy atom. The highest BCUT2D eigenvalue weighted by Gasteiger charge is 2.28. The van der Waals surface area contributed by atoms with E-state index in [9.17, 15) is 5.11 Å². The molecule has 0 aromatic heterocycles. The van der Waals surface area contributed by atoms with E-state index < -0.39 is 5.60 Å². The average molecular weight is 260 g/mol. The molecule has 0 aromatic carbocycles. The number of nitrogens with zero attached hydrogens (tertiary/aromatic N) is 1. The van der Waals surface area contributed by atoms with Crippen molar-refractivity contribution < 1.29 is 9.84 Å². The van der Waals surface area contributed by atoms with Crippen molar-refractivity contribution in [3.05, 3.63) is 0 Å². The first-order chi connectivity index (χ1) is 8.12. The summed E-state index contributed by atoms with van der Waals surface area (Å²) in [6.07, 6.45) is 1.00. The number of ether oxygens (including phenoxy) is 1. The predicted molar refractivity (Wildman–Crippen MR) is 77.0 cm³/mol. The van der Waals surface area contributed by atoms with Crippen molar-refractivity contribution in [3.63, 3.8) is 0 Å². The number of nitrogens with one attached hydrogen (secondary N) is 1. The normalized spacial score (nSPS) is 15.2. The molecule has 0 radical (unpaired) electrons. The van der Waals surface area contributed by atoms with Crippen LogP contribution in [0, 0.1) is 0 Å². The summed E-state index contributed by atoms with van der Waals surface area (Å²) >= 11 is 0. The third-order valence-electron chi connectivity index (χ3n) is 3.27. The molecule has 1 unspecified atom stereocenters. The zero-order chi connectivity index (χ0) is 14.4. The van der Waals surface area contributed by atoms with Crippen LogP contribution in [-0.2, 0) is 4.74 Å². The van der Waals surface area contributed by atoms with Gasteiger partial charge in [0.25, 0.3) is 0 Å². The van der Waals surface area contributed by atoms with Gasteiger partial charge in [0.15, 0.2) is 0 Å². The molecular formula is C14H32N2O2. The van der Waals surface area contributed by atoms with Crippen LogP contribution in [0.4, 0.5) is 0 Å². The number of methoxy groups -OCH3 is 1. The molecule has 0 spiro atoms. The standard InChI is InChI=1S/C14H32N2O2/c1-8-15-12(14(4,5)18-7)9-10-16(6)11-13(2,3)17/h12,15,17H,8-11H2,1-7H3. The van der Waals surface area contributed by atoms with Gasteiger partial charge in [-0.05, 0) is 54.3 Å². The lowest BCUT2D eigenvalue weighted by Crippen LogP contribution is -2.50. The van der Waals surface area contributed by atoms with Crippen molar-refractivity contribution in [3.8, 4) is 0 Å². The Morgan fingerprint density at radius 2 is 1.83 bits per heavy atom. The Bertz CT molecular complexity index is 224. The fraction of sp³-hybridized carbons (Fsp3) is 1.00. The monoisotopic (exact) mass is 260 g/mol. The van der Waals surface area contributed by atoms with Gasteiger partial charge in [-0.15, -0.1) is 0 Å². The molecule has 1 atom stereocenters. The third kappa shape index (κ3) is 7.31. The van der Waals surface area contributed by atoms with Gasteiger partial charge < -0.3 is 20.1 Å². The van der Waals surface area contributed by atoms with Gasteiger partial charge in [0, 0.05) is 19.7 Å². The fourth-order valence-electron chi connectivity index (χ4n) is 2.17. The van der Waals surface area contributed by atoms with Crippen molar-refractivity contribution in [2.24, 2.45) is 0 Å². The zero-order valence-electron chi connectivity index (χ0n) is 13.2. The molecule has 2 N–H and O–H groups in total. The van der Waals surface area contributed by atoms with Crippen LogP contribution in [0.1, 0.15) is 41.0 Å². The van der Waals surface area contributed by atoms with Crippen LogP contribution >= 0.6 is 0 Å². The van der Waals surface area contributed by atoms with E-state index in [-0.39, 0.29) is 5.60 Å². The van der Waals surface area contributed by atoms with Crippen LogP contribution in [-0.4, -0.2) is 61.0 Å². The van der Waals surface area contributed by atoms with Gasteiger partial charge in [-0.25, -0.2) is 0 Å². The summed E-state index contributed by atoms with van der Waals surface area (Å²) in [6.45, 7) is 12.6. The molecule has 0 bridgehead atoms. The quantitative estimate of drug-likeness (QED) is 0.659. The van der Waals surface area contributed by atoms with E-state index in [1.807, 2.05) is 20.9 Å². The van der Waals surface area contributed by atoms with E-state index in [0.717, 1.165) is 19.5 Å². The van der Waals surface area contributed by atoms with Crippen LogP contribution < -0.4 is 5.32 Å². The molecule has 0 aromatic rings. The van der Waals surface area contributed by atoms with Crippen LogP contribution in [0.5, 0.6) is 0 Å². The van der Waals surface area contributed by atoms with Crippen molar-refractivity contribution in [2.45, 2.75) is 58.3 Å². The maximum absolute atomic E-state index is 9.78. The maximum Gasteiger partial charge on any atom is 0.0775 e. The number of aliphatic hydroxyl groups is 1. The van der Waals surface area contributed by atoms with Gasteiger partial charge in [-0.1, -0.05) is 6.92 Å². The first kappa shape index (κ1) is 17.8. The smallest absolute Gasteiger partial charge is 0.0775 e. The minimum atomic E-state index is -0.640. The largest absolute Gasteiger partial charge is 0.389 e. The lowest BCUT2D eigenvalue weighted by molar-refractivity contribution is -0.0162. The topological polar surface area (TPSA) is 44.7 Å². The van der Waals surface area contributed by atoms with E-state index in [1.54, 1.807) is 7.11 Å². The number of hydrogen-bond donors (Lipinski definition) is 2. The van der Waals surface area contributed by atoms with E-state index in [1.165, 1.54) is 0 Å². The van der Waals surface area contributed by atoms with Gasteiger partial charge in [-0.3, -0.25) is 0 Å². The van der Waals surface area contributed by atoms with E-state index in [0.29, 0.717) is 12.6 Å². The molecule has 0 heterocycles. The van der Waals surface area contributed by atoms with Crippen LogP contribution in [0.2, 0.25) is 0 Å². The van der Waals surface area contributed by atoms with E-state index >= 15 is 0 Å². The molecule has 0 saturated carbocycles. The van der Waals surface area contributed by atoms with E-state index in [4.69, 9.17) is 4.74 Å². The maximum atomic E-state index is 9.78. The number of likely N-dealkylation sites (N-methyl/N-ethyl adjacent to an activating group) is 2. The molecule has 0 aliphatic rings. The van der Waals surface area contributed by atoms with Gasteiger partial charge >= 0.3 is 0 Å². The zero-order valence-corrected chi connectivity index (χ0v) is 13.2. The Kier molecular flexibility index (Phi) is 7.37. The fourth-order valence-corrected chi connectivity index (χ4v) is 2.17. The van der Waals surface area contributed by atoms with Crippen LogP contribution in [0.15, 0.2) is 0 Å². The molecule has 0 fully saturated rings. The highest BCUT2D eigenvalue weighted by molar-refractivity contribution is 4.86. The van der Waals surface area contributed by atoms with Gasteiger partial charge in [0.05, 0.1) is 11.2 Å². The molecule has 0 amide bonds. The molecule has 110 valence electrons. The minimum absolute atomic E-state index is 0.175. The summed E-state index contributed by atoms with van der Waals surface area (Å²) in [7, 11) is 3.80. The molecule has 0 aliphatic heterocycles. The predicted octanol–water partition coefficient (Wildman–Crippen LogP) is 1.48. The van der Waals surface area contributed by atoms with Gasteiger partial charge in [0.2, 0.25) is 0 Å². The first-order valence-corrected chi connectivity index (χ1v) is 6.82. The van der Waals surface area contributed by atoms with E-state index in [2.05, 4.69) is 31.0 Å². The minimum Gasteiger partial charge on any atom is -0.389 e. The van der Waals surface area contributed by atoms with Gasteiger partial charge in [0.1, 0.15) is 0 Å². The highest BCUT2D eigenvalue weighted by atomic mass is 16.5. The molecule has 4 nitrogen and oxygen atoms in total. The van der Waals surface area contributed by atoms with Crippen molar-refractivity contribution >= 4 is 0 Å². The highest BCUT2D eigenvalue weighted by Crippen LogP contribution is 2.17. The summed E-state index contributed by atoms with van der Waals surface area (Å²) in [4.78, 5) is 2.16. The molecule has 18 heavy (non-hydrogen) atoms. The summed E-state index contributed by atoms with van der Waals surface area (Å²) < 4.78 is 5.56. The van der Waals surface area contributed by atoms with Crippen LogP contribution in [0.25, 0.3) is 0 Å². The molecule has 4 heteroatoms. The van der Waals surface area contributed by atoms with Crippen molar-refractivity contribution in [1.29, 1.82) is 0 Å². The lowest BCUT2D eigenvalue weighted by atomic mass is 9.95. The molecule has 0 rings (SSSR count). The van der Waals surface area contributed by atoms with Crippen molar-refractivity contribution in [2.75, 3.05) is 33.8 Å². The Balaban J connectivity index is 4.27. The van der Waals surface area contributed by atoms with Crippen LogP contribution in [0.3, 0.4) is 0 Å². The Hall–Kier alpha value is -0.160. The second-order valence-electron chi connectivity index (χ2n) is 6.26. The summed E-state index contributed by atoms with van der Waals surface area (Å²) in [5.41, 5.74) is -0.815. The first-order valence-electron chi connectivity index (χ1n) is 6.82. The second kappa shape index (κ2) is 7.43. The Morgan fingerprint density at radius 3 is 2.22 bits per heavy atom. The van der Waals surface area contributed by atoms with Crippen molar-refractivity contribution in [1.82, 2.24) is 10.2 Å². The summed E-state index contributed by atoms with van der Waals surface area (Å²) in [5, 5.41) is 13.3. The SMILES string of the molecule is CCNC(CCN(C)CC(C)(C)O)C(C)(C)OC. The Labute approximate surface area is 113 Å². The average Bonchev–Trinajstić information content (AvgIpc) is 2.21. The number of hydrogen-bond acceptors (Lipinski definition) is 4. The molecule has 0 aliphatic carbocycles. The molecule has 0 saturated heterocycles. The van der Waals surface area contributed by atoms with Gasteiger partial charge in [-0.2, -0.15) is 0 Å². The summed E-state index contributed by atoms with van der Waals surface area (Å²) in [6, 6.07) is 0.316.